The van der Waals surface area contributed by atoms with Gasteiger partial charge in [-0.2, -0.15) is 0 Å². The van der Waals surface area contributed by atoms with Gasteiger partial charge < -0.3 is 14.7 Å². The number of nitrogens with zero attached hydrogens (tertiary/aromatic N) is 1. The van der Waals surface area contributed by atoms with Crippen molar-refractivity contribution in [1.82, 2.24) is 4.90 Å². The molecule has 1 amide bonds. The number of fused-ring (bicyclic) bond motifs is 2. The van der Waals surface area contributed by atoms with Crippen molar-refractivity contribution in [2.24, 2.45) is 5.92 Å². The van der Waals surface area contributed by atoms with Gasteiger partial charge in [-0.15, -0.1) is 0 Å². The summed E-state index contributed by atoms with van der Waals surface area (Å²) in [6.07, 6.45) is 1.19. The van der Waals surface area contributed by atoms with Crippen LogP contribution in [0.5, 0.6) is 0 Å². The van der Waals surface area contributed by atoms with E-state index in [0.29, 0.717) is 13.0 Å². The number of rotatable bonds is 0. The molecular weight excluding hydrogens is 194 g/mol. The lowest BCUT2D eigenvalue weighted by atomic mass is 10.1. The molecule has 0 radical (unpaired) electrons. The van der Waals surface area contributed by atoms with Crippen LogP contribution < -0.4 is 0 Å². The van der Waals surface area contributed by atoms with E-state index in [9.17, 15) is 9.90 Å². The van der Waals surface area contributed by atoms with Crippen LogP contribution >= 0.6 is 0 Å². The van der Waals surface area contributed by atoms with Crippen molar-refractivity contribution in [2.75, 3.05) is 6.54 Å². The average Bonchev–Trinajstić information content (AvgIpc) is 2.58. The molecule has 1 N–H and O–H groups in total. The van der Waals surface area contributed by atoms with Crippen molar-refractivity contribution < 1.29 is 14.6 Å². The molecule has 2 bridgehead atoms. The first kappa shape index (κ1) is 10.7. The maximum absolute atomic E-state index is 11.8. The van der Waals surface area contributed by atoms with Gasteiger partial charge in [-0.25, -0.2) is 4.79 Å². The van der Waals surface area contributed by atoms with Crippen molar-refractivity contribution in [2.45, 2.75) is 51.4 Å². The molecule has 86 valence electrons. The fourth-order valence-electron chi connectivity index (χ4n) is 2.47. The number of hydrogen-bond acceptors (Lipinski definition) is 3. The number of likely N-dealkylation sites (tertiary alicyclic amines) is 1. The van der Waals surface area contributed by atoms with Crippen molar-refractivity contribution in [1.29, 1.82) is 0 Å². The van der Waals surface area contributed by atoms with Gasteiger partial charge in [0.25, 0.3) is 0 Å². The normalized spacial score (nSPS) is 34.7. The van der Waals surface area contributed by atoms with E-state index in [1.54, 1.807) is 4.90 Å². The second kappa shape index (κ2) is 3.37. The van der Waals surface area contributed by atoms with Crippen molar-refractivity contribution in [3.05, 3.63) is 0 Å². The van der Waals surface area contributed by atoms with Gasteiger partial charge in [0.1, 0.15) is 5.60 Å². The van der Waals surface area contributed by atoms with E-state index in [0.717, 1.165) is 6.42 Å². The molecule has 1 heterocycles. The minimum absolute atomic E-state index is 0.194. The van der Waals surface area contributed by atoms with Crippen LogP contribution in [0.2, 0.25) is 0 Å². The molecule has 0 aromatic carbocycles. The van der Waals surface area contributed by atoms with Gasteiger partial charge in [0, 0.05) is 18.5 Å². The van der Waals surface area contributed by atoms with Gasteiger partial charge >= 0.3 is 6.09 Å². The Morgan fingerprint density at radius 3 is 2.47 bits per heavy atom. The van der Waals surface area contributed by atoms with Crippen LogP contribution in [0.4, 0.5) is 4.79 Å². The highest BCUT2D eigenvalue weighted by Crippen LogP contribution is 2.38. The third-order valence-electron chi connectivity index (χ3n) is 3.13. The molecule has 1 aliphatic heterocycles. The summed E-state index contributed by atoms with van der Waals surface area (Å²) < 4.78 is 5.31. The standard InChI is InChI=1S/C11H19NO3/c1-11(2,3)15-10(14)12-6-7-4-8(12)5-9(7)13/h7-9,13H,4-6H2,1-3H3/t7?,8?,9-/m1/s1. The SMILES string of the molecule is CC(C)(C)OC(=O)N1CC2CC1C[C@H]2O. The summed E-state index contributed by atoms with van der Waals surface area (Å²) in [4.78, 5) is 13.5. The number of carbonyl (C=O) groups is 1. The summed E-state index contributed by atoms with van der Waals surface area (Å²) >= 11 is 0. The highest BCUT2D eigenvalue weighted by molar-refractivity contribution is 5.69. The van der Waals surface area contributed by atoms with E-state index in [-0.39, 0.29) is 24.2 Å². The Morgan fingerprint density at radius 2 is 2.07 bits per heavy atom. The predicted molar refractivity (Wildman–Crippen MR) is 55.5 cm³/mol. The Bertz CT molecular complexity index is 269. The lowest BCUT2D eigenvalue weighted by molar-refractivity contribution is 0.00788. The topological polar surface area (TPSA) is 49.8 Å². The Morgan fingerprint density at radius 1 is 1.40 bits per heavy atom. The lowest BCUT2D eigenvalue weighted by Crippen LogP contribution is -2.44. The van der Waals surface area contributed by atoms with Gasteiger partial charge in [-0.05, 0) is 33.6 Å². The van der Waals surface area contributed by atoms with Crippen molar-refractivity contribution >= 4 is 6.09 Å². The number of hydrogen-bond donors (Lipinski definition) is 1. The summed E-state index contributed by atoms with van der Waals surface area (Å²) in [5.74, 6) is 0.266. The molecule has 1 saturated carbocycles. The molecule has 2 fully saturated rings. The van der Waals surface area contributed by atoms with Crippen LogP contribution in [0.15, 0.2) is 0 Å². The highest BCUT2D eigenvalue weighted by Gasteiger charge is 2.46. The van der Waals surface area contributed by atoms with E-state index in [4.69, 9.17) is 4.74 Å². The fraction of sp³-hybridized carbons (Fsp3) is 0.909. The third kappa shape index (κ3) is 2.09. The smallest absolute Gasteiger partial charge is 0.410 e. The van der Waals surface area contributed by atoms with Crippen LogP contribution in [0.25, 0.3) is 0 Å². The number of piperidine rings is 1. The quantitative estimate of drug-likeness (QED) is 0.661. The molecule has 15 heavy (non-hydrogen) atoms. The number of ether oxygens (including phenoxy) is 1. The molecule has 4 heteroatoms. The number of carbonyl (C=O) groups excluding carboxylic acids is 1. The zero-order valence-corrected chi connectivity index (χ0v) is 9.56. The molecule has 0 aromatic heterocycles. The molecular formula is C11H19NO3. The average molecular weight is 213 g/mol. The summed E-state index contributed by atoms with van der Waals surface area (Å²) in [5.41, 5.74) is -0.433. The molecule has 1 aliphatic carbocycles. The van der Waals surface area contributed by atoms with Crippen molar-refractivity contribution in [3.63, 3.8) is 0 Å². The van der Waals surface area contributed by atoms with Crippen molar-refractivity contribution in [3.8, 4) is 0 Å². The molecule has 3 atom stereocenters. The minimum Gasteiger partial charge on any atom is -0.444 e. The Kier molecular flexibility index (Phi) is 2.41. The van der Waals surface area contributed by atoms with E-state index in [1.165, 1.54) is 0 Å². The molecule has 2 rings (SSSR count). The van der Waals surface area contributed by atoms with Gasteiger partial charge in [-0.1, -0.05) is 0 Å². The summed E-state index contributed by atoms with van der Waals surface area (Å²) in [5, 5.41) is 9.57. The minimum atomic E-state index is -0.433. The molecule has 2 unspecified atom stereocenters. The van der Waals surface area contributed by atoms with Crippen LogP contribution in [0.1, 0.15) is 33.6 Å². The first-order valence-electron chi connectivity index (χ1n) is 5.54. The maximum atomic E-state index is 11.8. The molecule has 1 saturated heterocycles. The number of aliphatic hydroxyl groups excluding tert-OH is 1. The van der Waals surface area contributed by atoms with Crippen LogP contribution in [-0.4, -0.2) is 40.4 Å². The third-order valence-corrected chi connectivity index (χ3v) is 3.13. The van der Waals surface area contributed by atoms with Crippen LogP contribution in [-0.2, 0) is 4.74 Å². The first-order chi connectivity index (χ1) is 6.87. The second-order valence-electron chi connectivity index (χ2n) is 5.59. The van der Waals surface area contributed by atoms with Crippen LogP contribution in [0.3, 0.4) is 0 Å². The van der Waals surface area contributed by atoms with Crippen LogP contribution in [0, 0.1) is 5.92 Å². The van der Waals surface area contributed by atoms with Gasteiger partial charge in [0.2, 0.25) is 0 Å². The monoisotopic (exact) mass is 213 g/mol. The molecule has 0 spiro atoms. The largest absolute Gasteiger partial charge is 0.444 e. The van der Waals surface area contributed by atoms with E-state index >= 15 is 0 Å². The second-order valence-corrected chi connectivity index (χ2v) is 5.59. The lowest BCUT2D eigenvalue weighted by Gasteiger charge is -2.31. The zero-order chi connectivity index (χ0) is 11.2. The summed E-state index contributed by atoms with van der Waals surface area (Å²) in [7, 11) is 0. The maximum Gasteiger partial charge on any atom is 0.410 e. The Labute approximate surface area is 90.2 Å². The summed E-state index contributed by atoms with van der Waals surface area (Å²) in [6.45, 7) is 6.26. The van der Waals surface area contributed by atoms with E-state index < -0.39 is 5.60 Å². The first-order valence-corrected chi connectivity index (χ1v) is 5.54. The Hall–Kier alpha value is -0.770. The molecule has 4 nitrogen and oxygen atoms in total. The van der Waals surface area contributed by atoms with Gasteiger partial charge in [0.05, 0.1) is 6.10 Å². The van der Waals surface area contributed by atoms with E-state index in [1.807, 2.05) is 20.8 Å². The predicted octanol–water partition coefficient (Wildman–Crippen LogP) is 1.38. The zero-order valence-electron chi connectivity index (χ0n) is 9.56. The van der Waals surface area contributed by atoms with Gasteiger partial charge in [-0.3, -0.25) is 0 Å². The molecule has 2 aliphatic rings. The number of amides is 1. The molecule has 0 aromatic rings. The van der Waals surface area contributed by atoms with Gasteiger partial charge in [0.15, 0.2) is 0 Å². The number of aliphatic hydroxyl groups is 1. The van der Waals surface area contributed by atoms with E-state index in [2.05, 4.69) is 0 Å². The fourth-order valence-corrected chi connectivity index (χ4v) is 2.47. The Balaban J connectivity index is 1.94. The highest BCUT2D eigenvalue weighted by atomic mass is 16.6. The summed E-state index contributed by atoms with van der Waals surface area (Å²) in [6, 6.07) is 0.194.